The lowest BCUT2D eigenvalue weighted by molar-refractivity contribution is 0.0685. The predicted octanol–water partition coefficient (Wildman–Crippen LogP) is 6.08. The molecule has 2 aromatic carbocycles. The molecule has 1 atom stereocenters. The Bertz CT molecular complexity index is 1020. The number of rotatable bonds is 2. The van der Waals surface area contributed by atoms with E-state index < -0.39 is 0 Å². The SMILES string of the molecule is CC1CCCN(C(=O)c2cc(-c3ccc(Cl)cc3Cl)nc3ccccc23)C1. The van der Waals surface area contributed by atoms with Crippen LogP contribution in [0, 0.1) is 5.92 Å². The van der Waals surface area contributed by atoms with Crippen molar-refractivity contribution in [2.45, 2.75) is 19.8 Å². The minimum Gasteiger partial charge on any atom is -0.338 e. The molecule has 1 aliphatic rings. The number of piperidine rings is 1. The molecular weight excluding hydrogens is 379 g/mol. The molecule has 0 N–H and O–H groups in total. The van der Waals surface area contributed by atoms with E-state index in [1.54, 1.807) is 12.1 Å². The van der Waals surface area contributed by atoms with Crippen LogP contribution in [-0.2, 0) is 0 Å². The number of amides is 1. The molecule has 0 saturated carbocycles. The highest BCUT2D eigenvalue weighted by atomic mass is 35.5. The van der Waals surface area contributed by atoms with Gasteiger partial charge in [-0.05, 0) is 49.1 Å². The van der Waals surface area contributed by atoms with Gasteiger partial charge in [0.1, 0.15) is 0 Å². The summed E-state index contributed by atoms with van der Waals surface area (Å²) in [5.41, 5.74) is 2.92. The largest absolute Gasteiger partial charge is 0.338 e. The number of benzene rings is 2. The number of nitrogens with zero attached hydrogens (tertiary/aromatic N) is 2. The van der Waals surface area contributed by atoms with Gasteiger partial charge in [0.15, 0.2) is 0 Å². The number of aromatic nitrogens is 1. The number of carbonyl (C=O) groups is 1. The molecule has 1 unspecified atom stereocenters. The highest BCUT2D eigenvalue weighted by Gasteiger charge is 2.24. The first-order valence-electron chi connectivity index (χ1n) is 9.17. The van der Waals surface area contributed by atoms with Crippen LogP contribution in [0.5, 0.6) is 0 Å². The molecule has 3 nitrogen and oxygen atoms in total. The minimum atomic E-state index is 0.0616. The lowest BCUT2D eigenvalue weighted by Crippen LogP contribution is -2.39. The highest BCUT2D eigenvalue weighted by Crippen LogP contribution is 2.32. The maximum Gasteiger partial charge on any atom is 0.254 e. The summed E-state index contributed by atoms with van der Waals surface area (Å²) < 4.78 is 0. The molecule has 5 heteroatoms. The van der Waals surface area contributed by atoms with E-state index in [-0.39, 0.29) is 5.91 Å². The number of halogens is 2. The van der Waals surface area contributed by atoms with Crippen molar-refractivity contribution < 1.29 is 4.79 Å². The Labute approximate surface area is 168 Å². The van der Waals surface area contributed by atoms with E-state index in [9.17, 15) is 4.79 Å². The van der Waals surface area contributed by atoms with E-state index in [4.69, 9.17) is 28.2 Å². The van der Waals surface area contributed by atoms with Crippen LogP contribution in [0.3, 0.4) is 0 Å². The number of para-hydroxylation sites is 1. The molecule has 0 bridgehead atoms. The van der Waals surface area contributed by atoms with Crippen molar-refractivity contribution in [2.24, 2.45) is 5.92 Å². The molecular formula is C22H20Cl2N2O. The van der Waals surface area contributed by atoms with Crippen LogP contribution in [0.1, 0.15) is 30.1 Å². The lowest BCUT2D eigenvalue weighted by Gasteiger charge is -2.31. The molecule has 2 heterocycles. The number of fused-ring (bicyclic) bond motifs is 1. The van der Waals surface area contributed by atoms with Crippen molar-refractivity contribution in [2.75, 3.05) is 13.1 Å². The zero-order valence-electron chi connectivity index (χ0n) is 15.1. The Hall–Kier alpha value is -2.10. The number of hydrogen-bond donors (Lipinski definition) is 0. The van der Waals surface area contributed by atoms with Gasteiger partial charge in [-0.2, -0.15) is 0 Å². The van der Waals surface area contributed by atoms with Gasteiger partial charge in [-0.1, -0.05) is 48.3 Å². The summed E-state index contributed by atoms with van der Waals surface area (Å²) in [5.74, 6) is 0.590. The number of hydrogen-bond acceptors (Lipinski definition) is 2. The third kappa shape index (κ3) is 3.67. The predicted molar refractivity (Wildman–Crippen MR) is 112 cm³/mol. The van der Waals surface area contributed by atoms with Gasteiger partial charge in [-0.25, -0.2) is 4.98 Å². The van der Waals surface area contributed by atoms with Crippen molar-refractivity contribution >= 4 is 40.0 Å². The zero-order chi connectivity index (χ0) is 19.0. The summed E-state index contributed by atoms with van der Waals surface area (Å²) >= 11 is 12.4. The number of pyridine rings is 1. The molecule has 1 amide bonds. The molecule has 1 aromatic heterocycles. The molecule has 3 aromatic rings. The second-order valence-corrected chi connectivity index (χ2v) is 8.04. The Morgan fingerprint density at radius 3 is 2.74 bits per heavy atom. The lowest BCUT2D eigenvalue weighted by atomic mass is 9.98. The van der Waals surface area contributed by atoms with Crippen LogP contribution in [0.25, 0.3) is 22.2 Å². The summed E-state index contributed by atoms with van der Waals surface area (Å²) in [6, 6.07) is 14.9. The fourth-order valence-electron chi connectivity index (χ4n) is 3.73. The summed E-state index contributed by atoms with van der Waals surface area (Å²) in [6.07, 6.45) is 2.22. The molecule has 1 aliphatic heterocycles. The average Bonchev–Trinajstić information content (AvgIpc) is 2.66. The second kappa shape index (κ2) is 7.49. The molecule has 4 rings (SSSR count). The number of likely N-dealkylation sites (tertiary alicyclic amines) is 1. The van der Waals surface area contributed by atoms with Crippen LogP contribution in [0.15, 0.2) is 48.5 Å². The third-order valence-corrected chi connectivity index (χ3v) is 5.65. The van der Waals surface area contributed by atoms with Crippen LogP contribution < -0.4 is 0 Å². The van der Waals surface area contributed by atoms with Gasteiger partial charge in [0.05, 0.1) is 21.8 Å². The van der Waals surface area contributed by atoms with Crippen molar-refractivity contribution in [1.29, 1.82) is 0 Å². The maximum absolute atomic E-state index is 13.3. The first-order chi connectivity index (χ1) is 13.0. The third-order valence-electron chi connectivity index (χ3n) is 5.10. The standard InChI is InChI=1S/C22H20Cl2N2O/c1-14-5-4-10-26(13-14)22(27)18-12-21(17-9-8-15(23)11-19(17)24)25-20-7-3-2-6-16(18)20/h2-3,6-9,11-12,14H,4-5,10,13H2,1H3. The first kappa shape index (κ1) is 18.3. The molecule has 0 radical (unpaired) electrons. The first-order valence-corrected chi connectivity index (χ1v) is 9.93. The topological polar surface area (TPSA) is 33.2 Å². The smallest absolute Gasteiger partial charge is 0.254 e. The van der Waals surface area contributed by atoms with E-state index in [1.807, 2.05) is 41.3 Å². The Balaban J connectivity index is 1.85. The van der Waals surface area contributed by atoms with Gasteiger partial charge in [-0.3, -0.25) is 4.79 Å². The minimum absolute atomic E-state index is 0.0616. The average molecular weight is 399 g/mol. The van der Waals surface area contributed by atoms with Gasteiger partial charge in [0.25, 0.3) is 5.91 Å². The van der Waals surface area contributed by atoms with Crippen molar-refractivity contribution in [1.82, 2.24) is 9.88 Å². The highest BCUT2D eigenvalue weighted by molar-refractivity contribution is 6.36. The zero-order valence-corrected chi connectivity index (χ0v) is 16.6. The van der Waals surface area contributed by atoms with Gasteiger partial charge < -0.3 is 4.90 Å². The van der Waals surface area contributed by atoms with E-state index in [0.29, 0.717) is 27.2 Å². The van der Waals surface area contributed by atoms with E-state index in [0.717, 1.165) is 36.0 Å². The Morgan fingerprint density at radius 1 is 1.15 bits per heavy atom. The summed E-state index contributed by atoms with van der Waals surface area (Å²) in [6.45, 7) is 3.80. The van der Waals surface area contributed by atoms with Gasteiger partial charge in [0.2, 0.25) is 0 Å². The van der Waals surface area contributed by atoms with Crippen molar-refractivity contribution in [3.05, 3.63) is 64.1 Å². The summed E-state index contributed by atoms with van der Waals surface area (Å²) in [7, 11) is 0. The Morgan fingerprint density at radius 2 is 1.96 bits per heavy atom. The summed E-state index contributed by atoms with van der Waals surface area (Å²) in [4.78, 5) is 20.0. The normalized spacial score (nSPS) is 17.3. The van der Waals surface area contributed by atoms with Crippen LogP contribution in [-0.4, -0.2) is 28.9 Å². The van der Waals surface area contributed by atoms with Crippen molar-refractivity contribution in [3.63, 3.8) is 0 Å². The fraction of sp³-hybridized carbons (Fsp3) is 0.273. The van der Waals surface area contributed by atoms with E-state index in [2.05, 4.69) is 6.92 Å². The van der Waals surface area contributed by atoms with E-state index >= 15 is 0 Å². The molecule has 0 aliphatic carbocycles. The summed E-state index contributed by atoms with van der Waals surface area (Å²) in [5, 5.41) is 1.97. The van der Waals surface area contributed by atoms with Crippen molar-refractivity contribution in [3.8, 4) is 11.3 Å². The Kier molecular flexibility index (Phi) is 5.07. The second-order valence-electron chi connectivity index (χ2n) is 7.19. The van der Waals surface area contributed by atoms with E-state index in [1.165, 1.54) is 6.42 Å². The molecule has 1 fully saturated rings. The van der Waals surface area contributed by atoms with Crippen LogP contribution in [0.2, 0.25) is 10.0 Å². The molecule has 0 spiro atoms. The van der Waals surface area contributed by atoms with Gasteiger partial charge in [-0.15, -0.1) is 0 Å². The quantitative estimate of drug-likeness (QED) is 0.523. The van der Waals surface area contributed by atoms with Gasteiger partial charge >= 0.3 is 0 Å². The maximum atomic E-state index is 13.3. The van der Waals surface area contributed by atoms with Gasteiger partial charge in [0, 0.05) is 29.1 Å². The molecule has 1 saturated heterocycles. The van der Waals surface area contributed by atoms with Crippen LogP contribution in [0.4, 0.5) is 0 Å². The molecule has 138 valence electrons. The number of carbonyl (C=O) groups excluding carboxylic acids is 1. The monoisotopic (exact) mass is 398 g/mol. The molecule has 27 heavy (non-hydrogen) atoms. The van der Waals surface area contributed by atoms with Crippen LogP contribution >= 0.6 is 23.2 Å². The fourth-order valence-corrected chi connectivity index (χ4v) is 4.24.